The number of aryl methyl sites for hydroxylation is 1. The summed E-state index contributed by atoms with van der Waals surface area (Å²) < 4.78 is 0. The minimum atomic E-state index is -1.41. The summed E-state index contributed by atoms with van der Waals surface area (Å²) in [6, 6.07) is 15.4. The third-order valence-electron chi connectivity index (χ3n) is 2.80. The van der Waals surface area contributed by atoms with Gasteiger partial charge in [0, 0.05) is 12.2 Å². The maximum absolute atomic E-state index is 9.10. The van der Waals surface area contributed by atoms with Crippen molar-refractivity contribution in [3.05, 3.63) is 59.7 Å². The number of nitrogens with one attached hydrogen (secondary N) is 1. The average Bonchev–Trinajstić information content (AvgIpc) is 2.38. The smallest absolute Gasteiger partial charge is 0.423 e. The lowest BCUT2D eigenvalue weighted by atomic mass is 9.79. The van der Waals surface area contributed by atoms with Crippen LogP contribution in [-0.4, -0.2) is 17.2 Å². The van der Waals surface area contributed by atoms with Crippen molar-refractivity contribution in [2.45, 2.75) is 13.5 Å². The lowest BCUT2D eigenvalue weighted by molar-refractivity contribution is 0.425. The lowest BCUT2D eigenvalue weighted by Gasteiger charge is -2.08. The lowest BCUT2D eigenvalue weighted by Crippen LogP contribution is -2.30. The van der Waals surface area contributed by atoms with Gasteiger partial charge in [0.1, 0.15) is 0 Å². The molecular formula is C14H16BNO2. The number of rotatable bonds is 4. The van der Waals surface area contributed by atoms with E-state index in [0.29, 0.717) is 12.0 Å². The van der Waals surface area contributed by atoms with E-state index in [-0.39, 0.29) is 0 Å². The fraction of sp³-hybridized carbons (Fsp3) is 0.143. The first-order valence-electron chi connectivity index (χ1n) is 5.90. The molecule has 2 rings (SSSR count). The van der Waals surface area contributed by atoms with Crippen LogP contribution < -0.4 is 10.8 Å². The van der Waals surface area contributed by atoms with Crippen molar-refractivity contribution in [3.63, 3.8) is 0 Å². The SMILES string of the molecule is Cc1ccc(NCc2cccc(B(O)O)c2)cc1. The maximum atomic E-state index is 9.10. The van der Waals surface area contributed by atoms with E-state index < -0.39 is 7.12 Å². The second-order valence-corrected chi connectivity index (χ2v) is 4.34. The van der Waals surface area contributed by atoms with Crippen LogP contribution in [-0.2, 0) is 6.54 Å². The fourth-order valence-corrected chi connectivity index (χ4v) is 1.74. The van der Waals surface area contributed by atoms with Crippen LogP contribution in [0.25, 0.3) is 0 Å². The quantitative estimate of drug-likeness (QED) is 0.707. The Labute approximate surface area is 107 Å². The minimum absolute atomic E-state index is 0.512. The van der Waals surface area contributed by atoms with Gasteiger partial charge < -0.3 is 15.4 Å². The van der Waals surface area contributed by atoms with Gasteiger partial charge >= 0.3 is 7.12 Å². The van der Waals surface area contributed by atoms with Gasteiger partial charge in [0.25, 0.3) is 0 Å². The topological polar surface area (TPSA) is 52.5 Å². The zero-order chi connectivity index (χ0) is 13.0. The maximum Gasteiger partial charge on any atom is 0.488 e. The molecule has 4 heteroatoms. The summed E-state index contributed by atoms with van der Waals surface area (Å²) in [5.74, 6) is 0. The molecule has 3 N–H and O–H groups in total. The standard InChI is InChI=1S/C14H16BNO2/c1-11-5-7-14(8-6-11)16-10-12-3-2-4-13(9-12)15(17)18/h2-9,16-18H,10H2,1H3. The van der Waals surface area contributed by atoms with Gasteiger partial charge in [0.2, 0.25) is 0 Å². The highest BCUT2D eigenvalue weighted by atomic mass is 16.4. The van der Waals surface area contributed by atoms with Crippen LogP contribution >= 0.6 is 0 Å². The molecule has 0 radical (unpaired) electrons. The first kappa shape index (κ1) is 12.7. The highest BCUT2D eigenvalue weighted by Gasteiger charge is 2.10. The Morgan fingerprint density at radius 2 is 1.78 bits per heavy atom. The number of anilines is 1. The normalized spacial score (nSPS) is 10.2. The third kappa shape index (κ3) is 3.36. The van der Waals surface area contributed by atoms with Crippen LogP contribution in [0.15, 0.2) is 48.5 Å². The van der Waals surface area contributed by atoms with E-state index in [0.717, 1.165) is 11.3 Å². The van der Waals surface area contributed by atoms with Gasteiger partial charge in [-0.25, -0.2) is 0 Å². The van der Waals surface area contributed by atoms with Crippen LogP contribution in [0.1, 0.15) is 11.1 Å². The molecule has 0 unspecified atom stereocenters. The molecule has 0 spiro atoms. The van der Waals surface area contributed by atoms with Crippen LogP contribution in [0.3, 0.4) is 0 Å². The van der Waals surface area contributed by atoms with Crippen LogP contribution in [0, 0.1) is 6.92 Å². The first-order valence-corrected chi connectivity index (χ1v) is 5.90. The average molecular weight is 241 g/mol. The summed E-state index contributed by atoms with van der Waals surface area (Å²) in [5.41, 5.74) is 3.81. The molecule has 92 valence electrons. The molecule has 0 bridgehead atoms. The summed E-state index contributed by atoms with van der Waals surface area (Å²) in [7, 11) is -1.41. The molecule has 0 saturated heterocycles. The van der Waals surface area contributed by atoms with E-state index in [4.69, 9.17) is 10.0 Å². The van der Waals surface area contributed by atoms with Gasteiger partial charge in [-0.1, -0.05) is 42.0 Å². The highest BCUT2D eigenvalue weighted by molar-refractivity contribution is 6.58. The monoisotopic (exact) mass is 241 g/mol. The zero-order valence-corrected chi connectivity index (χ0v) is 10.3. The van der Waals surface area contributed by atoms with Crippen molar-refractivity contribution in [2.75, 3.05) is 5.32 Å². The summed E-state index contributed by atoms with van der Waals surface area (Å²) in [6.45, 7) is 2.71. The molecular weight excluding hydrogens is 225 g/mol. The molecule has 0 saturated carbocycles. The Kier molecular flexibility index (Phi) is 4.02. The summed E-state index contributed by atoms with van der Waals surface area (Å²) in [6.07, 6.45) is 0. The largest absolute Gasteiger partial charge is 0.488 e. The van der Waals surface area contributed by atoms with Crippen molar-refractivity contribution < 1.29 is 10.0 Å². The van der Waals surface area contributed by atoms with Gasteiger partial charge in [-0.2, -0.15) is 0 Å². The Morgan fingerprint density at radius 1 is 1.06 bits per heavy atom. The van der Waals surface area contributed by atoms with E-state index in [1.807, 2.05) is 24.3 Å². The second kappa shape index (κ2) is 5.71. The zero-order valence-electron chi connectivity index (χ0n) is 10.3. The van der Waals surface area contributed by atoms with Gasteiger partial charge in [0.05, 0.1) is 0 Å². The number of benzene rings is 2. The predicted octanol–water partition coefficient (Wildman–Crippen LogP) is 1.29. The molecule has 0 fully saturated rings. The van der Waals surface area contributed by atoms with Crippen LogP contribution in [0.4, 0.5) is 5.69 Å². The molecule has 0 aliphatic heterocycles. The summed E-state index contributed by atoms with van der Waals surface area (Å²) in [5, 5.41) is 21.5. The van der Waals surface area contributed by atoms with Gasteiger partial charge in [-0.05, 0) is 30.1 Å². The van der Waals surface area contributed by atoms with Crippen LogP contribution in [0.5, 0.6) is 0 Å². The Morgan fingerprint density at radius 3 is 2.44 bits per heavy atom. The molecule has 2 aromatic rings. The minimum Gasteiger partial charge on any atom is -0.423 e. The van der Waals surface area contributed by atoms with Crippen molar-refractivity contribution in [1.29, 1.82) is 0 Å². The Bertz CT molecular complexity index is 511. The molecule has 0 aromatic heterocycles. The Balaban J connectivity index is 2.01. The molecule has 0 aliphatic carbocycles. The van der Waals surface area contributed by atoms with Gasteiger partial charge in [-0.3, -0.25) is 0 Å². The fourth-order valence-electron chi connectivity index (χ4n) is 1.74. The van der Waals surface area contributed by atoms with Gasteiger partial charge in [0.15, 0.2) is 0 Å². The molecule has 3 nitrogen and oxygen atoms in total. The van der Waals surface area contributed by atoms with Crippen molar-refractivity contribution in [1.82, 2.24) is 0 Å². The van der Waals surface area contributed by atoms with Gasteiger partial charge in [-0.15, -0.1) is 0 Å². The summed E-state index contributed by atoms with van der Waals surface area (Å²) >= 11 is 0. The third-order valence-corrected chi connectivity index (χ3v) is 2.80. The summed E-state index contributed by atoms with van der Waals surface area (Å²) in [4.78, 5) is 0. The predicted molar refractivity (Wildman–Crippen MR) is 74.8 cm³/mol. The molecule has 0 aliphatic rings. The van der Waals surface area contributed by atoms with E-state index in [1.54, 1.807) is 12.1 Å². The van der Waals surface area contributed by atoms with Crippen molar-refractivity contribution >= 4 is 18.3 Å². The first-order chi connectivity index (χ1) is 8.65. The molecule has 18 heavy (non-hydrogen) atoms. The van der Waals surface area contributed by atoms with Crippen molar-refractivity contribution in [3.8, 4) is 0 Å². The van der Waals surface area contributed by atoms with E-state index in [2.05, 4.69) is 24.4 Å². The van der Waals surface area contributed by atoms with Crippen LogP contribution in [0.2, 0.25) is 0 Å². The Hall–Kier alpha value is -1.78. The highest BCUT2D eigenvalue weighted by Crippen LogP contribution is 2.10. The molecule has 2 aromatic carbocycles. The molecule has 0 atom stereocenters. The molecule has 0 amide bonds. The van der Waals surface area contributed by atoms with E-state index in [9.17, 15) is 0 Å². The van der Waals surface area contributed by atoms with Crippen molar-refractivity contribution in [2.24, 2.45) is 0 Å². The van der Waals surface area contributed by atoms with E-state index >= 15 is 0 Å². The number of hydrogen-bond acceptors (Lipinski definition) is 3. The van der Waals surface area contributed by atoms with E-state index in [1.165, 1.54) is 5.56 Å². The number of hydrogen-bond donors (Lipinski definition) is 3. The molecule has 0 heterocycles. The second-order valence-electron chi connectivity index (χ2n) is 4.34.